The lowest BCUT2D eigenvalue weighted by Gasteiger charge is -2.08. The summed E-state index contributed by atoms with van der Waals surface area (Å²) in [5.74, 6) is -1.18. The highest BCUT2D eigenvalue weighted by Crippen LogP contribution is 2.28. The normalized spacial score (nSPS) is 10.3. The van der Waals surface area contributed by atoms with E-state index in [1.54, 1.807) is 13.0 Å². The van der Waals surface area contributed by atoms with Gasteiger partial charge in [-0.05, 0) is 65.2 Å². The SMILES string of the molecule is Cc1cc(C(=O)O)ccc1NC(=O)c1cc(C)c(Br)s1. The van der Waals surface area contributed by atoms with E-state index >= 15 is 0 Å². The fourth-order valence-corrected chi connectivity index (χ4v) is 3.12. The highest BCUT2D eigenvalue weighted by atomic mass is 79.9. The van der Waals surface area contributed by atoms with Crippen molar-refractivity contribution in [2.75, 3.05) is 5.32 Å². The first-order chi connectivity index (χ1) is 9.38. The Kier molecular flexibility index (Phi) is 4.25. The number of amides is 1. The Morgan fingerprint density at radius 1 is 1.20 bits per heavy atom. The number of hydrogen-bond donors (Lipinski definition) is 2. The number of halogens is 1. The standard InChI is InChI=1S/C14H12BrNO3S/c1-7-5-9(14(18)19)3-4-10(7)16-13(17)11-6-8(2)12(15)20-11/h3-6H,1-2H3,(H,16,17)(H,18,19). The second kappa shape index (κ2) is 5.76. The predicted molar refractivity (Wildman–Crippen MR) is 82.8 cm³/mol. The molecule has 1 aromatic heterocycles. The maximum atomic E-state index is 12.1. The summed E-state index contributed by atoms with van der Waals surface area (Å²) in [6.45, 7) is 3.68. The van der Waals surface area contributed by atoms with Crippen molar-refractivity contribution in [3.63, 3.8) is 0 Å². The van der Waals surface area contributed by atoms with E-state index in [4.69, 9.17) is 5.11 Å². The number of rotatable bonds is 3. The number of thiophene rings is 1. The molecule has 2 aromatic rings. The van der Waals surface area contributed by atoms with Crippen LogP contribution in [-0.4, -0.2) is 17.0 Å². The number of aryl methyl sites for hydroxylation is 2. The highest BCUT2D eigenvalue weighted by molar-refractivity contribution is 9.11. The van der Waals surface area contributed by atoms with Crippen LogP contribution >= 0.6 is 27.3 Å². The van der Waals surface area contributed by atoms with Crippen LogP contribution in [0.3, 0.4) is 0 Å². The van der Waals surface area contributed by atoms with Crippen LogP contribution in [0.2, 0.25) is 0 Å². The number of benzene rings is 1. The molecule has 104 valence electrons. The molecule has 0 fully saturated rings. The molecule has 4 nitrogen and oxygen atoms in total. The zero-order valence-corrected chi connectivity index (χ0v) is 13.3. The monoisotopic (exact) mass is 353 g/mol. The Balaban J connectivity index is 2.21. The highest BCUT2D eigenvalue weighted by Gasteiger charge is 2.13. The Morgan fingerprint density at radius 2 is 1.90 bits per heavy atom. The summed E-state index contributed by atoms with van der Waals surface area (Å²) in [4.78, 5) is 23.6. The maximum absolute atomic E-state index is 12.1. The van der Waals surface area contributed by atoms with Gasteiger partial charge in [-0.15, -0.1) is 11.3 Å². The molecule has 2 N–H and O–H groups in total. The van der Waals surface area contributed by atoms with Crippen LogP contribution in [0.5, 0.6) is 0 Å². The minimum absolute atomic E-state index is 0.199. The molecule has 0 aliphatic rings. The van der Waals surface area contributed by atoms with E-state index in [1.165, 1.54) is 23.5 Å². The van der Waals surface area contributed by atoms with Crippen LogP contribution in [0.15, 0.2) is 28.1 Å². The third-order valence-electron chi connectivity index (χ3n) is 2.80. The predicted octanol–water partition coefficient (Wildman–Crippen LogP) is 4.08. The molecule has 1 heterocycles. The number of nitrogens with one attached hydrogen (secondary N) is 1. The fraction of sp³-hybridized carbons (Fsp3) is 0.143. The Labute approximate surface area is 128 Å². The third kappa shape index (κ3) is 3.08. The molecule has 0 spiro atoms. The van der Waals surface area contributed by atoms with Crippen molar-refractivity contribution in [3.05, 3.63) is 49.6 Å². The van der Waals surface area contributed by atoms with E-state index in [2.05, 4.69) is 21.2 Å². The van der Waals surface area contributed by atoms with Gasteiger partial charge in [-0.1, -0.05) is 0 Å². The lowest BCUT2D eigenvalue weighted by atomic mass is 10.1. The maximum Gasteiger partial charge on any atom is 0.335 e. The van der Waals surface area contributed by atoms with Gasteiger partial charge in [0, 0.05) is 5.69 Å². The number of aromatic carboxylic acids is 1. The van der Waals surface area contributed by atoms with Crippen LogP contribution in [-0.2, 0) is 0 Å². The van der Waals surface area contributed by atoms with Gasteiger partial charge in [0.15, 0.2) is 0 Å². The first-order valence-corrected chi connectivity index (χ1v) is 7.40. The molecule has 6 heteroatoms. The van der Waals surface area contributed by atoms with Crippen molar-refractivity contribution in [3.8, 4) is 0 Å². The van der Waals surface area contributed by atoms with Gasteiger partial charge in [-0.2, -0.15) is 0 Å². The smallest absolute Gasteiger partial charge is 0.335 e. The summed E-state index contributed by atoms with van der Waals surface area (Å²) in [7, 11) is 0. The summed E-state index contributed by atoms with van der Waals surface area (Å²) in [6, 6.07) is 6.42. The number of hydrogen-bond acceptors (Lipinski definition) is 3. The summed E-state index contributed by atoms with van der Waals surface area (Å²) in [5.41, 5.74) is 2.54. The largest absolute Gasteiger partial charge is 0.478 e. The van der Waals surface area contributed by atoms with Crippen molar-refractivity contribution >= 4 is 44.8 Å². The van der Waals surface area contributed by atoms with E-state index < -0.39 is 5.97 Å². The minimum Gasteiger partial charge on any atom is -0.478 e. The topological polar surface area (TPSA) is 66.4 Å². The molecule has 0 radical (unpaired) electrons. The molecule has 0 saturated carbocycles. The van der Waals surface area contributed by atoms with E-state index in [0.29, 0.717) is 16.1 Å². The second-order valence-electron chi connectivity index (χ2n) is 4.36. The number of carboxylic acid groups (broad SMARTS) is 1. The number of carbonyl (C=O) groups is 2. The lowest BCUT2D eigenvalue weighted by Crippen LogP contribution is -2.11. The zero-order valence-electron chi connectivity index (χ0n) is 10.9. The third-order valence-corrected chi connectivity index (χ3v) is 4.94. The van der Waals surface area contributed by atoms with Gasteiger partial charge >= 0.3 is 5.97 Å². The summed E-state index contributed by atoms with van der Waals surface area (Å²) in [6.07, 6.45) is 0. The van der Waals surface area contributed by atoms with Crippen LogP contribution < -0.4 is 5.32 Å². The Bertz CT molecular complexity index is 674. The molecule has 0 aliphatic heterocycles. The van der Waals surface area contributed by atoms with Gasteiger partial charge in [0.25, 0.3) is 5.91 Å². The lowest BCUT2D eigenvalue weighted by molar-refractivity contribution is 0.0696. The van der Waals surface area contributed by atoms with Gasteiger partial charge in [0.05, 0.1) is 14.2 Å². The minimum atomic E-state index is -0.983. The van der Waals surface area contributed by atoms with E-state index in [-0.39, 0.29) is 11.5 Å². The molecule has 0 unspecified atom stereocenters. The molecule has 0 aliphatic carbocycles. The van der Waals surface area contributed by atoms with Gasteiger partial charge < -0.3 is 10.4 Å². The number of carboxylic acids is 1. The molecule has 20 heavy (non-hydrogen) atoms. The average Bonchev–Trinajstić information content (AvgIpc) is 2.72. The first-order valence-electron chi connectivity index (χ1n) is 5.79. The van der Waals surface area contributed by atoms with Crippen molar-refractivity contribution in [1.29, 1.82) is 0 Å². The van der Waals surface area contributed by atoms with Gasteiger partial charge in [-0.3, -0.25) is 4.79 Å². The Morgan fingerprint density at radius 3 is 2.40 bits per heavy atom. The van der Waals surface area contributed by atoms with E-state index in [9.17, 15) is 9.59 Å². The van der Waals surface area contributed by atoms with Crippen molar-refractivity contribution in [2.24, 2.45) is 0 Å². The number of carbonyl (C=O) groups excluding carboxylic acids is 1. The summed E-state index contributed by atoms with van der Waals surface area (Å²) >= 11 is 4.75. The van der Waals surface area contributed by atoms with Crippen molar-refractivity contribution in [1.82, 2.24) is 0 Å². The van der Waals surface area contributed by atoms with Crippen LogP contribution in [0, 0.1) is 13.8 Å². The van der Waals surface area contributed by atoms with Crippen LogP contribution in [0.4, 0.5) is 5.69 Å². The second-order valence-corrected chi connectivity index (χ2v) is 6.73. The molecule has 0 bridgehead atoms. The summed E-state index contributed by atoms with van der Waals surface area (Å²) in [5, 5.41) is 11.7. The van der Waals surface area contributed by atoms with E-state index in [1.807, 2.05) is 13.0 Å². The molecule has 1 aromatic carbocycles. The molecule has 0 atom stereocenters. The van der Waals surface area contributed by atoms with Gasteiger partial charge in [0.1, 0.15) is 0 Å². The van der Waals surface area contributed by atoms with Crippen molar-refractivity contribution < 1.29 is 14.7 Å². The van der Waals surface area contributed by atoms with Gasteiger partial charge in [0.2, 0.25) is 0 Å². The zero-order chi connectivity index (χ0) is 14.9. The molecular formula is C14H12BrNO3S. The fourth-order valence-electron chi connectivity index (χ4n) is 1.69. The van der Waals surface area contributed by atoms with Crippen LogP contribution in [0.1, 0.15) is 31.2 Å². The van der Waals surface area contributed by atoms with Crippen LogP contribution in [0.25, 0.3) is 0 Å². The van der Waals surface area contributed by atoms with Crippen molar-refractivity contribution in [2.45, 2.75) is 13.8 Å². The first kappa shape index (κ1) is 14.7. The van der Waals surface area contributed by atoms with E-state index in [0.717, 1.165) is 9.35 Å². The molecule has 1 amide bonds. The average molecular weight is 354 g/mol. The number of anilines is 1. The molecule has 0 saturated heterocycles. The van der Waals surface area contributed by atoms with Gasteiger partial charge in [-0.25, -0.2) is 4.79 Å². The molecule has 2 rings (SSSR count). The quantitative estimate of drug-likeness (QED) is 0.873. The molecular weight excluding hydrogens is 342 g/mol. The summed E-state index contributed by atoms with van der Waals surface area (Å²) < 4.78 is 0.931. The Hall–Kier alpha value is -1.66.